The maximum atomic E-state index is 12.8. The van der Waals surface area contributed by atoms with E-state index >= 15 is 0 Å². The van der Waals surface area contributed by atoms with E-state index in [1.807, 2.05) is 47.8 Å². The Hall–Kier alpha value is -2.51. The molecule has 1 fully saturated rings. The average Bonchev–Trinajstić information content (AvgIpc) is 3.30. The van der Waals surface area contributed by atoms with E-state index in [-0.39, 0.29) is 17.9 Å². The molecule has 2 N–H and O–H groups in total. The molecule has 1 aliphatic rings. The van der Waals surface area contributed by atoms with Crippen molar-refractivity contribution in [2.24, 2.45) is 5.10 Å². The first-order valence-electron chi connectivity index (χ1n) is 10.7. The molecule has 2 heterocycles. The van der Waals surface area contributed by atoms with Crippen molar-refractivity contribution in [3.8, 4) is 0 Å². The van der Waals surface area contributed by atoms with Gasteiger partial charge in [-0.05, 0) is 68.8 Å². The van der Waals surface area contributed by atoms with Crippen LogP contribution >= 0.6 is 11.3 Å². The lowest BCUT2D eigenvalue weighted by molar-refractivity contribution is -0.127. The number of hydrazone groups is 1. The van der Waals surface area contributed by atoms with Gasteiger partial charge in [-0.25, -0.2) is 5.43 Å². The van der Waals surface area contributed by atoms with Crippen LogP contribution in [0.5, 0.6) is 0 Å². The third-order valence-corrected chi connectivity index (χ3v) is 6.08. The molecule has 1 aliphatic heterocycles. The number of likely N-dealkylation sites (tertiary alicyclic amines) is 1. The molecule has 30 heavy (non-hydrogen) atoms. The fourth-order valence-corrected chi connectivity index (χ4v) is 4.25. The van der Waals surface area contributed by atoms with Crippen LogP contribution in [0.3, 0.4) is 0 Å². The molecule has 1 aromatic carbocycles. The van der Waals surface area contributed by atoms with Crippen LogP contribution in [0.4, 0.5) is 0 Å². The Kier molecular flexibility index (Phi) is 9.05. The number of benzene rings is 1. The maximum absolute atomic E-state index is 12.8. The zero-order valence-electron chi connectivity index (χ0n) is 17.3. The summed E-state index contributed by atoms with van der Waals surface area (Å²) in [5, 5.41) is 9.07. The van der Waals surface area contributed by atoms with Gasteiger partial charge < -0.3 is 5.32 Å². The van der Waals surface area contributed by atoms with Crippen LogP contribution < -0.4 is 10.7 Å². The number of hydrogen-bond donors (Lipinski definition) is 2. The van der Waals surface area contributed by atoms with Gasteiger partial charge in [0, 0.05) is 17.0 Å². The number of nitrogens with zero attached hydrogens (tertiary/aromatic N) is 2. The molecule has 1 aromatic heterocycles. The van der Waals surface area contributed by atoms with Crippen LogP contribution in [-0.4, -0.2) is 48.6 Å². The second-order valence-corrected chi connectivity index (χ2v) is 8.46. The number of unbranched alkanes of at least 4 members (excludes halogenated alkanes) is 1. The van der Waals surface area contributed by atoms with Crippen molar-refractivity contribution in [3.05, 3.63) is 58.3 Å². The highest BCUT2D eigenvalue weighted by Crippen LogP contribution is 2.16. The minimum absolute atomic E-state index is 0.0435. The zero-order chi connectivity index (χ0) is 21.0. The van der Waals surface area contributed by atoms with Gasteiger partial charge in [-0.3, -0.25) is 14.5 Å². The van der Waals surface area contributed by atoms with Gasteiger partial charge in [0.05, 0.1) is 12.3 Å². The predicted octanol–water partition coefficient (Wildman–Crippen LogP) is 3.65. The first-order valence-corrected chi connectivity index (χ1v) is 11.6. The number of amides is 2. The van der Waals surface area contributed by atoms with Crippen molar-refractivity contribution in [2.75, 3.05) is 19.6 Å². The molecule has 0 bridgehead atoms. The molecule has 0 radical (unpaired) electrons. The van der Waals surface area contributed by atoms with Gasteiger partial charge in [0.2, 0.25) is 0 Å². The minimum Gasteiger partial charge on any atom is -0.352 e. The summed E-state index contributed by atoms with van der Waals surface area (Å²) in [5.41, 5.74) is 3.40. The van der Waals surface area contributed by atoms with E-state index < -0.39 is 0 Å². The largest absolute Gasteiger partial charge is 0.352 e. The number of carbonyl (C=O) groups is 2. The van der Waals surface area contributed by atoms with Crippen LogP contribution in [0.2, 0.25) is 0 Å². The van der Waals surface area contributed by atoms with Crippen LogP contribution in [0, 0.1) is 0 Å². The van der Waals surface area contributed by atoms with Crippen molar-refractivity contribution in [1.29, 1.82) is 0 Å². The predicted molar refractivity (Wildman–Crippen MR) is 122 cm³/mol. The quantitative estimate of drug-likeness (QED) is 0.346. The smallest absolute Gasteiger partial charge is 0.257 e. The second kappa shape index (κ2) is 12.2. The van der Waals surface area contributed by atoms with Crippen LogP contribution in [0.25, 0.3) is 0 Å². The zero-order valence-corrected chi connectivity index (χ0v) is 18.1. The molecule has 3 rings (SSSR count). The maximum Gasteiger partial charge on any atom is 0.257 e. The minimum atomic E-state index is -0.171. The summed E-state index contributed by atoms with van der Waals surface area (Å²) in [6.07, 6.45) is 7.67. The standard InChI is InChI=1S/C23H30N4O2S/c28-22(19-10-3-1-4-11-19)24-14-6-5-13-21(27-15-7-2-8-16-27)23(29)26-25-18-20-12-9-17-30-20/h1,3-4,9-12,17-18,21H,2,5-8,13-16H2,(H,24,28)(H,26,29). The molecule has 6 nitrogen and oxygen atoms in total. The first-order chi connectivity index (χ1) is 14.7. The Morgan fingerprint density at radius 3 is 2.60 bits per heavy atom. The lowest BCUT2D eigenvalue weighted by Crippen LogP contribution is -2.47. The highest BCUT2D eigenvalue weighted by molar-refractivity contribution is 7.11. The van der Waals surface area contributed by atoms with E-state index in [1.54, 1.807) is 17.6 Å². The van der Waals surface area contributed by atoms with E-state index in [0.29, 0.717) is 12.1 Å². The van der Waals surface area contributed by atoms with E-state index in [9.17, 15) is 9.59 Å². The lowest BCUT2D eigenvalue weighted by atomic mass is 10.0. The fraction of sp³-hybridized carbons (Fsp3) is 0.435. The van der Waals surface area contributed by atoms with E-state index in [0.717, 1.165) is 50.1 Å². The topological polar surface area (TPSA) is 73.8 Å². The molecule has 0 spiro atoms. The van der Waals surface area contributed by atoms with Gasteiger partial charge in [0.1, 0.15) is 0 Å². The molecule has 2 aromatic rings. The molecular formula is C23H30N4O2S. The Bertz CT molecular complexity index is 802. The first kappa shape index (κ1) is 22.2. The highest BCUT2D eigenvalue weighted by atomic mass is 32.1. The summed E-state index contributed by atoms with van der Waals surface area (Å²) in [5.74, 6) is -0.0955. The SMILES string of the molecule is O=C(NCCCCC(C(=O)NN=Cc1cccs1)N1CCCCC1)c1ccccc1. The second-order valence-electron chi connectivity index (χ2n) is 7.48. The normalized spacial score (nSPS) is 15.7. The number of piperidine rings is 1. The molecule has 1 saturated heterocycles. The summed E-state index contributed by atoms with van der Waals surface area (Å²) >= 11 is 1.59. The van der Waals surface area contributed by atoms with Gasteiger partial charge in [-0.1, -0.05) is 30.7 Å². The Balaban J connectivity index is 1.45. The molecule has 0 saturated carbocycles. The molecule has 1 unspecified atom stereocenters. The molecule has 160 valence electrons. The molecular weight excluding hydrogens is 396 g/mol. The van der Waals surface area contributed by atoms with E-state index in [2.05, 4.69) is 20.7 Å². The molecule has 2 amide bonds. The summed E-state index contributed by atoms with van der Waals surface area (Å²) in [7, 11) is 0. The highest BCUT2D eigenvalue weighted by Gasteiger charge is 2.26. The average molecular weight is 427 g/mol. The summed E-state index contributed by atoms with van der Waals surface area (Å²) in [4.78, 5) is 28.2. The number of thiophene rings is 1. The van der Waals surface area contributed by atoms with Crippen molar-refractivity contribution < 1.29 is 9.59 Å². The summed E-state index contributed by atoms with van der Waals surface area (Å²) in [6, 6.07) is 13.0. The van der Waals surface area contributed by atoms with Gasteiger partial charge in [-0.15, -0.1) is 11.3 Å². The van der Waals surface area contributed by atoms with Gasteiger partial charge >= 0.3 is 0 Å². The number of nitrogens with one attached hydrogen (secondary N) is 2. The van der Waals surface area contributed by atoms with Crippen molar-refractivity contribution in [2.45, 2.75) is 44.6 Å². The number of carbonyl (C=O) groups excluding carboxylic acids is 2. The summed E-state index contributed by atoms with van der Waals surface area (Å²) in [6.45, 7) is 2.52. The molecule has 0 aliphatic carbocycles. The Morgan fingerprint density at radius 2 is 1.87 bits per heavy atom. The lowest BCUT2D eigenvalue weighted by Gasteiger charge is -2.33. The Labute approximate surface area is 182 Å². The van der Waals surface area contributed by atoms with Gasteiger partial charge in [-0.2, -0.15) is 5.10 Å². The van der Waals surface area contributed by atoms with Gasteiger partial charge in [0.25, 0.3) is 11.8 Å². The number of rotatable bonds is 10. The van der Waals surface area contributed by atoms with Crippen molar-refractivity contribution in [3.63, 3.8) is 0 Å². The van der Waals surface area contributed by atoms with Crippen LogP contribution in [-0.2, 0) is 4.79 Å². The molecule has 7 heteroatoms. The van der Waals surface area contributed by atoms with E-state index in [1.165, 1.54) is 6.42 Å². The van der Waals surface area contributed by atoms with Crippen LogP contribution in [0.15, 0.2) is 52.9 Å². The number of hydrogen-bond acceptors (Lipinski definition) is 5. The Morgan fingerprint density at radius 1 is 1.07 bits per heavy atom. The molecule has 1 atom stereocenters. The fourth-order valence-electron chi connectivity index (χ4n) is 3.66. The summed E-state index contributed by atoms with van der Waals surface area (Å²) < 4.78 is 0. The van der Waals surface area contributed by atoms with Crippen molar-refractivity contribution in [1.82, 2.24) is 15.6 Å². The van der Waals surface area contributed by atoms with Crippen molar-refractivity contribution >= 4 is 29.4 Å². The third-order valence-electron chi connectivity index (χ3n) is 5.27. The third kappa shape index (κ3) is 7.07. The van der Waals surface area contributed by atoms with E-state index in [4.69, 9.17) is 0 Å². The van der Waals surface area contributed by atoms with Crippen LogP contribution in [0.1, 0.15) is 53.8 Å². The monoisotopic (exact) mass is 426 g/mol. The van der Waals surface area contributed by atoms with Gasteiger partial charge in [0.15, 0.2) is 0 Å².